The molecule has 0 saturated carbocycles. The van der Waals surface area contributed by atoms with Gasteiger partial charge in [-0.1, -0.05) is 0 Å². The van der Waals surface area contributed by atoms with Crippen LogP contribution in [0.25, 0.3) is 0 Å². The van der Waals surface area contributed by atoms with E-state index in [4.69, 9.17) is 5.26 Å². The molecule has 0 aliphatic heterocycles. The van der Waals surface area contributed by atoms with Gasteiger partial charge in [-0.15, -0.1) is 0 Å². The van der Waals surface area contributed by atoms with E-state index >= 15 is 0 Å². The average molecular weight is 177 g/mol. The van der Waals surface area contributed by atoms with E-state index in [-0.39, 0.29) is 12.2 Å². The van der Waals surface area contributed by atoms with Crippen LogP contribution in [0.5, 0.6) is 0 Å². The maximum absolute atomic E-state index is 11.4. The fourth-order valence-corrected chi connectivity index (χ4v) is 1.17. The normalized spacial score (nSPS) is 9.62. The lowest BCUT2D eigenvalue weighted by molar-refractivity contribution is 0.0987. The zero-order valence-corrected chi connectivity index (χ0v) is 7.74. The molecule has 0 fully saturated rings. The molecule has 0 N–H and O–H groups in total. The number of aryl methyl sites for hydroxylation is 2. The lowest BCUT2D eigenvalue weighted by Gasteiger charge is -1.99. The summed E-state index contributed by atoms with van der Waals surface area (Å²) in [4.78, 5) is 11.4. The van der Waals surface area contributed by atoms with Gasteiger partial charge in [-0.25, -0.2) is 0 Å². The fraction of sp³-hybridized carbons (Fsp3) is 0.444. The predicted molar refractivity (Wildman–Crippen MR) is 47.2 cm³/mol. The van der Waals surface area contributed by atoms with Crippen molar-refractivity contribution < 1.29 is 4.79 Å². The first-order valence-electron chi connectivity index (χ1n) is 4.13. The van der Waals surface area contributed by atoms with E-state index in [1.165, 1.54) is 0 Å². The van der Waals surface area contributed by atoms with E-state index in [0.29, 0.717) is 12.2 Å². The SMILES string of the molecule is CCn1nc(C)cc1C(=O)CC#N. The number of carbonyl (C=O) groups is 1. The Morgan fingerprint density at radius 3 is 3.00 bits per heavy atom. The van der Waals surface area contributed by atoms with Crippen LogP contribution in [0.15, 0.2) is 6.07 Å². The molecule has 0 aliphatic carbocycles. The van der Waals surface area contributed by atoms with Crippen molar-refractivity contribution in [1.82, 2.24) is 9.78 Å². The van der Waals surface area contributed by atoms with Crippen LogP contribution >= 0.6 is 0 Å². The van der Waals surface area contributed by atoms with Gasteiger partial charge in [-0.2, -0.15) is 10.4 Å². The summed E-state index contributed by atoms with van der Waals surface area (Å²) < 4.78 is 1.62. The summed E-state index contributed by atoms with van der Waals surface area (Å²) in [6.45, 7) is 4.39. The number of hydrogen-bond donors (Lipinski definition) is 0. The monoisotopic (exact) mass is 177 g/mol. The number of nitrogens with zero attached hydrogens (tertiary/aromatic N) is 3. The molecule has 1 rings (SSSR count). The van der Waals surface area contributed by atoms with Gasteiger partial charge in [0.05, 0.1) is 11.8 Å². The molecule has 0 amide bonds. The molecule has 13 heavy (non-hydrogen) atoms. The molecule has 0 aromatic carbocycles. The van der Waals surface area contributed by atoms with Gasteiger partial charge in [0.2, 0.25) is 0 Å². The highest BCUT2D eigenvalue weighted by Gasteiger charge is 2.11. The van der Waals surface area contributed by atoms with Gasteiger partial charge in [0.15, 0.2) is 5.78 Å². The second-order valence-electron chi connectivity index (χ2n) is 2.74. The minimum atomic E-state index is -0.162. The first-order valence-corrected chi connectivity index (χ1v) is 4.13. The molecule has 0 radical (unpaired) electrons. The van der Waals surface area contributed by atoms with Gasteiger partial charge in [0.25, 0.3) is 0 Å². The molecule has 1 aromatic heterocycles. The summed E-state index contributed by atoms with van der Waals surface area (Å²) in [5.74, 6) is -0.162. The Morgan fingerprint density at radius 1 is 1.77 bits per heavy atom. The zero-order chi connectivity index (χ0) is 9.84. The number of hydrogen-bond acceptors (Lipinski definition) is 3. The smallest absolute Gasteiger partial charge is 0.194 e. The molecule has 0 aliphatic rings. The molecule has 4 nitrogen and oxygen atoms in total. The quantitative estimate of drug-likeness (QED) is 0.654. The van der Waals surface area contributed by atoms with Crippen molar-refractivity contribution in [2.24, 2.45) is 0 Å². The van der Waals surface area contributed by atoms with E-state index < -0.39 is 0 Å². The van der Waals surface area contributed by atoms with Crippen LogP contribution in [-0.4, -0.2) is 15.6 Å². The molecule has 0 unspecified atom stereocenters. The van der Waals surface area contributed by atoms with Crippen molar-refractivity contribution in [2.75, 3.05) is 0 Å². The van der Waals surface area contributed by atoms with Crippen molar-refractivity contribution in [3.63, 3.8) is 0 Å². The number of Topliss-reactive ketones (excluding diaryl/α,β-unsaturated/α-hetero) is 1. The largest absolute Gasteiger partial charge is 0.291 e. The average Bonchev–Trinajstić information content (AvgIpc) is 2.47. The molecule has 0 atom stereocenters. The molecular weight excluding hydrogens is 166 g/mol. The highest BCUT2D eigenvalue weighted by Crippen LogP contribution is 2.06. The first-order chi connectivity index (χ1) is 6.19. The second kappa shape index (κ2) is 3.85. The molecule has 0 spiro atoms. The Kier molecular flexibility index (Phi) is 2.80. The highest BCUT2D eigenvalue weighted by atomic mass is 16.1. The van der Waals surface area contributed by atoms with Crippen LogP contribution in [0, 0.1) is 18.3 Å². The van der Waals surface area contributed by atoms with Gasteiger partial charge in [-0.05, 0) is 19.9 Å². The summed E-state index contributed by atoms with van der Waals surface area (Å²) in [6.07, 6.45) is -0.0782. The van der Waals surface area contributed by atoms with Crippen molar-refractivity contribution in [2.45, 2.75) is 26.8 Å². The first kappa shape index (κ1) is 9.46. The summed E-state index contributed by atoms with van der Waals surface area (Å²) in [7, 11) is 0. The Labute approximate surface area is 76.8 Å². The number of carbonyl (C=O) groups excluding carboxylic acids is 1. The summed E-state index contributed by atoms with van der Waals surface area (Å²) in [6, 6.07) is 3.55. The number of nitriles is 1. The number of aromatic nitrogens is 2. The van der Waals surface area contributed by atoms with Crippen molar-refractivity contribution in [1.29, 1.82) is 5.26 Å². The van der Waals surface area contributed by atoms with Crippen molar-refractivity contribution in [3.05, 3.63) is 17.5 Å². The Bertz CT molecular complexity index is 359. The van der Waals surface area contributed by atoms with Gasteiger partial charge in [0.1, 0.15) is 12.1 Å². The third kappa shape index (κ3) is 1.94. The fourth-order valence-electron chi connectivity index (χ4n) is 1.17. The maximum atomic E-state index is 11.4. The van der Waals surface area contributed by atoms with Crippen LogP contribution in [0.3, 0.4) is 0 Å². The van der Waals surface area contributed by atoms with Crippen LogP contribution in [0.1, 0.15) is 29.5 Å². The lowest BCUT2D eigenvalue weighted by atomic mass is 10.2. The second-order valence-corrected chi connectivity index (χ2v) is 2.74. The minimum Gasteiger partial charge on any atom is -0.291 e. The Balaban J connectivity index is 2.99. The van der Waals surface area contributed by atoms with Crippen LogP contribution in [-0.2, 0) is 6.54 Å². The van der Waals surface area contributed by atoms with E-state index in [1.54, 1.807) is 10.7 Å². The van der Waals surface area contributed by atoms with Crippen LogP contribution in [0.2, 0.25) is 0 Å². The van der Waals surface area contributed by atoms with Gasteiger partial charge < -0.3 is 0 Å². The van der Waals surface area contributed by atoms with Crippen LogP contribution < -0.4 is 0 Å². The molecule has 1 heterocycles. The maximum Gasteiger partial charge on any atom is 0.194 e. The Morgan fingerprint density at radius 2 is 2.46 bits per heavy atom. The molecule has 4 heteroatoms. The predicted octanol–water partition coefficient (Wildman–Crippen LogP) is 1.31. The van der Waals surface area contributed by atoms with Crippen LogP contribution in [0.4, 0.5) is 0 Å². The standard InChI is InChI=1S/C9H11N3O/c1-3-12-8(6-7(2)11-12)9(13)4-5-10/h6H,3-4H2,1-2H3. The van der Waals surface area contributed by atoms with E-state index in [1.807, 2.05) is 19.9 Å². The molecule has 68 valence electrons. The zero-order valence-electron chi connectivity index (χ0n) is 7.74. The third-order valence-corrected chi connectivity index (χ3v) is 1.73. The van der Waals surface area contributed by atoms with Gasteiger partial charge >= 0.3 is 0 Å². The molecule has 0 saturated heterocycles. The van der Waals surface area contributed by atoms with E-state index in [9.17, 15) is 4.79 Å². The molecular formula is C9H11N3O. The topological polar surface area (TPSA) is 58.7 Å². The Hall–Kier alpha value is -1.63. The molecule has 1 aromatic rings. The van der Waals surface area contributed by atoms with Gasteiger partial charge in [0, 0.05) is 6.54 Å². The third-order valence-electron chi connectivity index (χ3n) is 1.73. The number of ketones is 1. The van der Waals surface area contributed by atoms with E-state index in [2.05, 4.69) is 5.10 Å². The molecule has 0 bridgehead atoms. The minimum absolute atomic E-state index is 0.0782. The van der Waals surface area contributed by atoms with Crippen molar-refractivity contribution in [3.8, 4) is 6.07 Å². The van der Waals surface area contributed by atoms with E-state index in [0.717, 1.165) is 5.69 Å². The van der Waals surface area contributed by atoms with Crippen molar-refractivity contribution >= 4 is 5.78 Å². The summed E-state index contributed by atoms with van der Waals surface area (Å²) in [5, 5.41) is 12.5. The summed E-state index contributed by atoms with van der Waals surface area (Å²) in [5.41, 5.74) is 1.34. The summed E-state index contributed by atoms with van der Waals surface area (Å²) >= 11 is 0. The van der Waals surface area contributed by atoms with Gasteiger partial charge in [-0.3, -0.25) is 9.48 Å². The highest BCUT2D eigenvalue weighted by molar-refractivity contribution is 5.95. The lowest BCUT2D eigenvalue weighted by Crippen LogP contribution is -2.08. The number of rotatable bonds is 3.